The summed E-state index contributed by atoms with van der Waals surface area (Å²) >= 11 is 0. The molecule has 40 heavy (non-hydrogen) atoms. The second-order valence-electron chi connectivity index (χ2n) is 12.4. The molecular weight excluding hydrogens is 549 g/mol. The molecule has 0 radical (unpaired) electrons. The lowest BCUT2D eigenvalue weighted by Crippen LogP contribution is -2.64. The standard InChI is InChI=1S/C26H38FN3O9S/c1-15(31)13-19-26(10,17-14-16(30(34)35)11-12-18(17)27)28-20(25(8,9)40(19,36)37)29(21(32)38-23(2,3)4)22(33)39-24(5,6)7/h11-12,14-15,19,31H,13H2,1-10H3/t15-,19-,26?/m0/s1. The summed E-state index contributed by atoms with van der Waals surface area (Å²) in [5.41, 5.74) is -5.40. The predicted octanol–water partition coefficient (Wildman–Crippen LogP) is 4.87. The summed E-state index contributed by atoms with van der Waals surface area (Å²) < 4.78 is 52.6. The molecular formula is C26H38FN3O9S. The monoisotopic (exact) mass is 587 g/mol. The van der Waals surface area contributed by atoms with E-state index in [1.165, 1.54) is 69.2 Å². The van der Waals surface area contributed by atoms with Gasteiger partial charge < -0.3 is 14.6 Å². The lowest BCUT2D eigenvalue weighted by atomic mass is 9.85. The molecule has 1 unspecified atom stereocenters. The van der Waals surface area contributed by atoms with E-state index in [0.717, 1.165) is 18.2 Å². The number of imide groups is 1. The van der Waals surface area contributed by atoms with Crippen molar-refractivity contribution in [2.45, 2.75) is 109 Å². The molecule has 0 saturated heterocycles. The summed E-state index contributed by atoms with van der Waals surface area (Å²) in [4.78, 5) is 42.5. The second kappa shape index (κ2) is 10.7. The Balaban J connectivity index is 3.05. The van der Waals surface area contributed by atoms with Crippen LogP contribution < -0.4 is 0 Å². The number of non-ortho nitro benzene ring substituents is 1. The molecule has 1 aromatic carbocycles. The van der Waals surface area contributed by atoms with Gasteiger partial charge in [0.1, 0.15) is 33.1 Å². The maximum Gasteiger partial charge on any atom is 0.425 e. The molecule has 1 aliphatic heterocycles. The number of aliphatic hydroxyl groups excluding tert-OH is 1. The van der Waals surface area contributed by atoms with Gasteiger partial charge >= 0.3 is 12.2 Å². The average molecular weight is 588 g/mol. The number of rotatable bonds is 4. The number of halogens is 1. The lowest BCUT2D eigenvalue weighted by Gasteiger charge is -2.47. The maximum atomic E-state index is 15.4. The molecule has 2 amide bonds. The maximum absolute atomic E-state index is 15.4. The molecule has 1 aliphatic rings. The van der Waals surface area contributed by atoms with Gasteiger partial charge in [-0.3, -0.25) is 15.1 Å². The van der Waals surface area contributed by atoms with Crippen LogP contribution in [0.5, 0.6) is 0 Å². The number of amides is 2. The van der Waals surface area contributed by atoms with Gasteiger partial charge in [0.25, 0.3) is 5.69 Å². The molecule has 1 aromatic rings. The second-order valence-corrected chi connectivity index (χ2v) is 15.1. The molecule has 3 atom stereocenters. The average Bonchev–Trinajstić information content (AvgIpc) is 2.73. The summed E-state index contributed by atoms with van der Waals surface area (Å²) in [6.07, 6.45) is -4.22. The molecule has 2 rings (SSSR count). The van der Waals surface area contributed by atoms with Crippen molar-refractivity contribution in [3.8, 4) is 0 Å². The van der Waals surface area contributed by atoms with Crippen molar-refractivity contribution < 1.29 is 41.9 Å². The van der Waals surface area contributed by atoms with E-state index in [0.29, 0.717) is 4.90 Å². The summed E-state index contributed by atoms with van der Waals surface area (Å²) in [6, 6.07) is 2.56. The van der Waals surface area contributed by atoms with Gasteiger partial charge in [0, 0.05) is 17.7 Å². The van der Waals surface area contributed by atoms with Gasteiger partial charge in [-0.1, -0.05) is 0 Å². The zero-order valence-electron chi connectivity index (χ0n) is 24.4. The highest BCUT2D eigenvalue weighted by molar-refractivity contribution is 7.94. The Morgan fingerprint density at radius 3 is 2.00 bits per heavy atom. The summed E-state index contributed by atoms with van der Waals surface area (Å²) in [7, 11) is -4.54. The quantitative estimate of drug-likeness (QED) is 0.382. The highest BCUT2D eigenvalue weighted by Gasteiger charge is 2.61. The molecule has 0 aromatic heterocycles. The topological polar surface area (TPSA) is 166 Å². The summed E-state index contributed by atoms with van der Waals surface area (Å²) in [5, 5.41) is 20.1. The van der Waals surface area contributed by atoms with Crippen LogP contribution >= 0.6 is 0 Å². The van der Waals surface area contributed by atoms with E-state index in [4.69, 9.17) is 9.47 Å². The number of hydrogen-bond donors (Lipinski definition) is 1. The summed E-state index contributed by atoms with van der Waals surface area (Å²) in [6.45, 7) is 14.2. The zero-order valence-corrected chi connectivity index (χ0v) is 25.3. The number of sulfone groups is 1. The van der Waals surface area contributed by atoms with Crippen LogP contribution in [0.4, 0.5) is 19.7 Å². The molecule has 0 fully saturated rings. The van der Waals surface area contributed by atoms with E-state index in [-0.39, 0.29) is 0 Å². The van der Waals surface area contributed by atoms with Gasteiger partial charge in [-0.05, 0) is 81.7 Å². The number of benzene rings is 1. The fourth-order valence-corrected chi connectivity index (χ4v) is 6.73. The number of nitro benzene ring substituents is 1. The number of carbonyl (C=O) groups is 2. The van der Waals surface area contributed by atoms with Gasteiger partial charge in [-0.15, -0.1) is 0 Å². The van der Waals surface area contributed by atoms with Crippen LogP contribution in [0.2, 0.25) is 0 Å². The van der Waals surface area contributed by atoms with Crippen molar-refractivity contribution in [3.05, 3.63) is 39.7 Å². The minimum Gasteiger partial charge on any atom is -0.443 e. The van der Waals surface area contributed by atoms with Crippen molar-refractivity contribution in [1.29, 1.82) is 0 Å². The highest BCUT2D eigenvalue weighted by Crippen LogP contribution is 2.47. The minimum atomic E-state index is -4.54. The lowest BCUT2D eigenvalue weighted by molar-refractivity contribution is -0.385. The van der Waals surface area contributed by atoms with Crippen molar-refractivity contribution in [2.24, 2.45) is 4.99 Å². The zero-order chi connectivity index (χ0) is 31.2. The Morgan fingerprint density at radius 2 is 1.60 bits per heavy atom. The first kappa shape index (κ1) is 33.1. The predicted molar refractivity (Wildman–Crippen MR) is 145 cm³/mol. The number of aliphatic hydroxyl groups is 1. The molecule has 0 aliphatic carbocycles. The molecule has 224 valence electrons. The van der Waals surface area contributed by atoms with E-state index in [1.54, 1.807) is 0 Å². The van der Waals surface area contributed by atoms with E-state index in [2.05, 4.69) is 4.99 Å². The van der Waals surface area contributed by atoms with Crippen LogP contribution in [0.1, 0.15) is 81.2 Å². The van der Waals surface area contributed by atoms with Crippen LogP contribution in [0.15, 0.2) is 23.2 Å². The molecule has 0 saturated carbocycles. The molecule has 0 spiro atoms. The first-order valence-electron chi connectivity index (χ1n) is 12.6. The largest absolute Gasteiger partial charge is 0.443 e. The van der Waals surface area contributed by atoms with Crippen molar-refractivity contribution >= 4 is 33.5 Å². The minimum absolute atomic E-state index is 0.361. The Morgan fingerprint density at radius 1 is 1.12 bits per heavy atom. The third-order valence-electron chi connectivity index (χ3n) is 6.21. The Hall–Kier alpha value is -3.13. The first-order chi connectivity index (χ1) is 17.8. The van der Waals surface area contributed by atoms with Crippen LogP contribution in [0.25, 0.3) is 0 Å². The van der Waals surface area contributed by atoms with E-state index < -0.39 is 89.1 Å². The fourth-order valence-electron chi connectivity index (χ4n) is 4.31. The van der Waals surface area contributed by atoms with E-state index in [1.807, 2.05) is 0 Å². The number of nitro groups is 1. The van der Waals surface area contributed by atoms with Gasteiger partial charge in [-0.25, -0.2) is 22.4 Å². The van der Waals surface area contributed by atoms with Crippen LogP contribution in [-0.4, -0.2) is 68.7 Å². The SMILES string of the molecule is C[C@H](O)C[C@H]1C(C)(c2cc([N+](=O)[O-])ccc2F)N=C(N(C(=O)OC(C)(C)C)C(=O)OC(C)(C)C)C(C)(C)S1(=O)=O. The smallest absolute Gasteiger partial charge is 0.425 e. The van der Waals surface area contributed by atoms with Crippen molar-refractivity contribution in [3.63, 3.8) is 0 Å². The number of amidine groups is 1. The molecule has 0 bridgehead atoms. The van der Waals surface area contributed by atoms with Gasteiger partial charge in [0.2, 0.25) is 0 Å². The van der Waals surface area contributed by atoms with Gasteiger partial charge in [-0.2, -0.15) is 4.90 Å². The first-order valence-corrected chi connectivity index (χ1v) is 14.1. The Labute approximate surface area is 233 Å². The van der Waals surface area contributed by atoms with Crippen LogP contribution in [0, 0.1) is 15.9 Å². The Bertz CT molecular complexity index is 1300. The van der Waals surface area contributed by atoms with Gasteiger partial charge in [0.05, 0.1) is 16.3 Å². The third-order valence-corrected chi connectivity index (χ3v) is 9.22. The van der Waals surface area contributed by atoms with Crippen LogP contribution in [0.3, 0.4) is 0 Å². The molecule has 12 nitrogen and oxygen atoms in total. The van der Waals surface area contributed by atoms with Crippen molar-refractivity contribution in [2.75, 3.05) is 0 Å². The Kier molecular flexibility index (Phi) is 8.84. The molecule has 14 heteroatoms. The third kappa shape index (κ3) is 6.60. The van der Waals surface area contributed by atoms with Crippen molar-refractivity contribution in [1.82, 2.24) is 4.90 Å². The van der Waals surface area contributed by atoms with E-state index >= 15 is 4.39 Å². The number of carbonyl (C=O) groups excluding carboxylic acids is 2. The van der Waals surface area contributed by atoms with Gasteiger partial charge in [0.15, 0.2) is 9.84 Å². The molecule has 1 heterocycles. The number of aliphatic imine (C=N–C) groups is 1. The molecule has 1 N–H and O–H groups in total. The highest BCUT2D eigenvalue weighted by atomic mass is 32.2. The van der Waals surface area contributed by atoms with E-state index in [9.17, 15) is 33.2 Å². The number of nitrogens with zero attached hydrogens (tertiary/aromatic N) is 3. The number of hydrogen-bond acceptors (Lipinski definition) is 10. The summed E-state index contributed by atoms with van der Waals surface area (Å²) in [5.74, 6) is -1.64. The fraction of sp³-hybridized carbons (Fsp3) is 0.654. The van der Waals surface area contributed by atoms with Crippen LogP contribution in [-0.2, 0) is 24.8 Å². The normalized spacial score (nSPS) is 23.0. The number of ether oxygens (including phenoxy) is 2.